The standard InChI is InChI=1S/C43H30N4/c1-43(2)38-17-9-8-15-34(38)37-25-36-29(24-39(37)43)19-18-28-23-30(20-21-33(28)36)41-45-40(27-11-4-3-5-12-27)46-42(47-41)35-16-7-6-14-32(35)31-13-10-22-44-26-31/h3-26H,1-2H3. The molecule has 0 spiro atoms. The zero-order valence-corrected chi connectivity index (χ0v) is 26.1. The molecule has 1 aliphatic rings. The van der Waals surface area contributed by atoms with Crippen LogP contribution >= 0.6 is 0 Å². The highest BCUT2D eigenvalue weighted by atomic mass is 15.0. The fraction of sp³-hybridized carbons (Fsp3) is 0.0698. The zero-order valence-electron chi connectivity index (χ0n) is 26.1. The van der Waals surface area contributed by atoms with Crippen LogP contribution in [0.15, 0.2) is 146 Å². The molecule has 0 atom stereocenters. The van der Waals surface area contributed by atoms with Gasteiger partial charge in [-0.05, 0) is 73.6 Å². The van der Waals surface area contributed by atoms with Gasteiger partial charge in [0.15, 0.2) is 17.5 Å². The highest BCUT2D eigenvalue weighted by molar-refractivity contribution is 6.10. The minimum Gasteiger partial charge on any atom is -0.264 e. The minimum absolute atomic E-state index is 0.0264. The third kappa shape index (κ3) is 4.44. The van der Waals surface area contributed by atoms with Crippen LogP contribution in [0.25, 0.3) is 78.0 Å². The monoisotopic (exact) mass is 602 g/mol. The van der Waals surface area contributed by atoms with Crippen LogP contribution in [-0.2, 0) is 5.41 Å². The predicted octanol–water partition coefficient (Wildman–Crippen LogP) is 10.5. The maximum absolute atomic E-state index is 5.10. The van der Waals surface area contributed by atoms with Crippen LogP contribution < -0.4 is 0 Å². The van der Waals surface area contributed by atoms with E-state index in [1.165, 1.54) is 38.4 Å². The normalized spacial score (nSPS) is 13.1. The lowest BCUT2D eigenvalue weighted by Crippen LogP contribution is -2.14. The molecule has 4 heteroatoms. The SMILES string of the molecule is CC1(C)c2ccccc2-c2cc3c(ccc4cc(-c5nc(-c6ccccc6)nc(-c6ccccc6-c6cccnc6)n5)ccc43)cc21. The molecule has 6 aromatic carbocycles. The Hall–Kier alpha value is -6.00. The van der Waals surface area contributed by atoms with E-state index in [9.17, 15) is 0 Å². The van der Waals surface area contributed by atoms with Gasteiger partial charge >= 0.3 is 0 Å². The lowest BCUT2D eigenvalue weighted by molar-refractivity contribution is 0.661. The van der Waals surface area contributed by atoms with Gasteiger partial charge in [-0.3, -0.25) is 4.98 Å². The molecule has 0 fully saturated rings. The molecule has 0 radical (unpaired) electrons. The van der Waals surface area contributed by atoms with Gasteiger partial charge in [0, 0.05) is 40.1 Å². The lowest BCUT2D eigenvalue weighted by Gasteiger charge is -2.21. The average Bonchev–Trinajstić information content (AvgIpc) is 3.36. The van der Waals surface area contributed by atoms with E-state index in [4.69, 9.17) is 15.0 Å². The van der Waals surface area contributed by atoms with Crippen LogP contribution in [0.5, 0.6) is 0 Å². The quantitative estimate of drug-likeness (QED) is 0.188. The van der Waals surface area contributed by atoms with Crippen molar-refractivity contribution < 1.29 is 0 Å². The minimum atomic E-state index is -0.0264. The Labute approximate surface area is 273 Å². The summed E-state index contributed by atoms with van der Waals surface area (Å²) in [5, 5.41) is 4.88. The Morgan fingerprint density at radius 2 is 1.09 bits per heavy atom. The summed E-state index contributed by atoms with van der Waals surface area (Å²) >= 11 is 0. The van der Waals surface area contributed by atoms with E-state index in [0.29, 0.717) is 17.5 Å². The second-order valence-corrected chi connectivity index (χ2v) is 12.8. The molecule has 0 bridgehead atoms. The molecule has 0 unspecified atom stereocenters. The molecule has 1 aliphatic carbocycles. The van der Waals surface area contributed by atoms with Gasteiger partial charge in [-0.15, -0.1) is 0 Å². The van der Waals surface area contributed by atoms with Crippen LogP contribution in [0.3, 0.4) is 0 Å². The number of fused-ring (bicyclic) bond motifs is 6. The van der Waals surface area contributed by atoms with Crippen molar-refractivity contribution >= 4 is 21.5 Å². The molecule has 0 saturated heterocycles. The van der Waals surface area contributed by atoms with Crippen LogP contribution in [0.4, 0.5) is 0 Å². The highest BCUT2D eigenvalue weighted by Crippen LogP contribution is 2.50. The molecule has 9 rings (SSSR count). The molecule has 222 valence electrons. The number of rotatable bonds is 4. The average molecular weight is 603 g/mol. The number of hydrogen-bond acceptors (Lipinski definition) is 4. The van der Waals surface area contributed by atoms with Gasteiger partial charge in [0.25, 0.3) is 0 Å². The summed E-state index contributed by atoms with van der Waals surface area (Å²) in [6.07, 6.45) is 3.66. The molecule has 0 saturated carbocycles. The van der Waals surface area contributed by atoms with Crippen molar-refractivity contribution in [2.24, 2.45) is 0 Å². The third-order valence-electron chi connectivity index (χ3n) is 9.60. The van der Waals surface area contributed by atoms with E-state index >= 15 is 0 Å². The summed E-state index contributed by atoms with van der Waals surface area (Å²) in [7, 11) is 0. The summed E-state index contributed by atoms with van der Waals surface area (Å²) in [6.45, 7) is 4.66. The van der Waals surface area contributed by atoms with E-state index in [-0.39, 0.29) is 5.41 Å². The number of hydrogen-bond donors (Lipinski definition) is 0. The van der Waals surface area contributed by atoms with Crippen molar-refractivity contribution in [2.75, 3.05) is 0 Å². The van der Waals surface area contributed by atoms with Crippen molar-refractivity contribution in [1.29, 1.82) is 0 Å². The van der Waals surface area contributed by atoms with E-state index in [1.807, 2.05) is 54.7 Å². The smallest absolute Gasteiger partial charge is 0.164 e. The number of aromatic nitrogens is 4. The molecule has 2 heterocycles. The van der Waals surface area contributed by atoms with Crippen LogP contribution in [-0.4, -0.2) is 19.9 Å². The summed E-state index contributed by atoms with van der Waals surface area (Å²) < 4.78 is 0. The van der Waals surface area contributed by atoms with Crippen LogP contribution in [0.1, 0.15) is 25.0 Å². The molecule has 47 heavy (non-hydrogen) atoms. The molecule has 4 nitrogen and oxygen atoms in total. The summed E-state index contributed by atoms with van der Waals surface area (Å²) in [5.74, 6) is 1.91. The van der Waals surface area contributed by atoms with Crippen LogP contribution in [0, 0.1) is 0 Å². The van der Waals surface area contributed by atoms with Gasteiger partial charge in [-0.1, -0.05) is 123 Å². The van der Waals surface area contributed by atoms with Crippen molar-refractivity contribution in [1.82, 2.24) is 19.9 Å². The molecular formula is C43H30N4. The van der Waals surface area contributed by atoms with E-state index in [0.717, 1.165) is 33.2 Å². The summed E-state index contributed by atoms with van der Waals surface area (Å²) in [4.78, 5) is 19.5. The highest BCUT2D eigenvalue weighted by Gasteiger charge is 2.35. The molecule has 8 aromatic rings. The topological polar surface area (TPSA) is 51.6 Å². The van der Waals surface area contributed by atoms with Crippen molar-refractivity contribution in [3.05, 3.63) is 157 Å². The van der Waals surface area contributed by atoms with E-state index < -0.39 is 0 Å². The van der Waals surface area contributed by atoms with Gasteiger partial charge in [-0.2, -0.15) is 0 Å². The summed E-state index contributed by atoms with van der Waals surface area (Å²) in [6, 6.07) is 47.0. The zero-order chi connectivity index (χ0) is 31.5. The van der Waals surface area contributed by atoms with Crippen molar-refractivity contribution in [3.63, 3.8) is 0 Å². The predicted molar refractivity (Wildman–Crippen MR) is 192 cm³/mol. The fourth-order valence-electron chi connectivity index (χ4n) is 7.19. The first kappa shape index (κ1) is 27.3. The summed E-state index contributed by atoms with van der Waals surface area (Å²) in [5.41, 5.74) is 10.3. The molecule has 0 N–H and O–H groups in total. The second kappa shape index (κ2) is 10.5. The lowest BCUT2D eigenvalue weighted by atomic mass is 9.81. The van der Waals surface area contributed by atoms with Gasteiger partial charge in [0.05, 0.1) is 0 Å². The largest absolute Gasteiger partial charge is 0.264 e. The maximum atomic E-state index is 5.10. The number of nitrogens with zero attached hydrogens (tertiary/aromatic N) is 4. The Morgan fingerprint density at radius 1 is 0.426 bits per heavy atom. The van der Waals surface area contributed by atoms with Crippen LogP contribution in [0.2, 0.25) is 0 Å². The first-order chi connectivity index (χ1) is 23.0. The van der Waals surface area contributed by atoms with Gasteiger partial charge in [0.1, 0.15) is 0 Å². The Morgan fingerprint density at radius 3 is 1.87 bits per heavy atom. The Kier molecular flexibility index (Phi) is 6.12. The number of benzene rings is 6. The Balaban J connectivity index is 1.22. The molecule has 2 aromatic heterocycles. The molecule has 0 aliphatic heterocycles. The maximum Gasteiger partial charge on any atom is 0.164 e. The van der Waals surface area contributed by atoms with E-state index in [1.54, 1.807) is 6.20 Å². The van der Waals surface area contributed by atoms with Crippen molar-refractivity contribution in [3.8, 4) is 56.4 Å². The van der Waals surface area contributed by atoms with E-state index in [2.05, 4.69) is 104 Å². The van der Waals surface area contributed by atoms with Crippen molar-refractivity contribution in [2.45, 2.75) is 19.3 Å². The third-order valence-corrected chi connectivity index (χ3v) is 9.60. The Bertz CT molecular complexity index is 2480. The van der Waals surface area contributed by atoms with Gasteiger partial charge in [0.2, 0.25) is 0 Å². The first-order valence-corrected chi connectivity index (χ1v) is 16.0. The molecule has 0 amide bonds. The fourth-order valence-corrected chi connectivity index (χ4v) is 7.19. The number of pyridine rings is 1. The first-order valence-electron chi connectivity index (χ1n) is 16.0. The second-order valence-electron chi connectivity index (χ2n) is 12.8. The van der Waals surface area contributed by atoms with Gasteiger partial charge < -0.3 is 0 Å². The molecular weight excluding hydrogens is 573 g/mol. The van der Waals surface area contributed by atoms with Gasteiger partial charge in [-0.25, -0.2) is 15.0 Å².